The summed E-state index contributed by atoms with van der Waals surface area (Å²) in [5.74, 6) is -0.172. The number of carbonyl (C=O) groups excluding carboxylic acids is 2. The average Bonchev–Trinajstić information content (AvgIpc) is 2.68. The van der Waals surface area contributed by atoms with E-state index in [0.717, 1.165) is 24.8 Å². The van der Waals surface area contributed by atoms with Crippen LogP contribution >= 0.6 is 0 Å². The van der Waals surface area contributed by atoms with Crippen molar-refractivity contribution >= 4 is 12.0 Å². The number of amides is 2. The Hall–Kier alpha value is -2.30. The molecule has 2 amide bonds. The first-order valence-electron chi connectivity index (χ1n) is 11.2. The van der Waals surface area contributed by atoms with Crippen molar-refractivity contribution in [2.45, 2.75) is 90.2 Å². The highest BCUT2D eigenvalue weighted by molar-refractivity contribution is 5.86. The van der Waals surface area contributed by atoms with Gasteiger partial charge in [-0.15, -0.1) is 6.58 Å². The molecule has 0 aliphatic carbocycles. The van der Waals surface area contributed by atoms with Crippen molar-refractivity contribution in [2.24, 2.45) is 0 Å². The summed E-state index contributed by atoms with van der Waals surface area (Å²) < 4.78 is 5.33. The van der Waals surface area contributed by atoms with Gasteiger partial charge in [-0.2, -0.15) is 0 Å². The van der Waals surface area contributed by atoms with Crippen LogP contribution < -0.4 is 10.6 Å². The van der Waals surface area contributed by atoms with Crippen molar-refractivity contribution in [3.63, 3.8) is 0 Å². The molecule has 0 radical (unpaired) electrons. The molecular formula is C25H40N2O3. The summed E-state index contributed by atoms with van der Waals surface area (Å²) in [6, 6.07) is 9.02. The minimum Gasteiger partial charge on any atom is -0.444 e. The summed E-state index contributed by atoms with van der Waals surface area (Å²) in [4.78, 5) is 24.9. The largest absolute Gasteiger partial charge is 0.444 e. The maximum atomic E-state index is 12.7. The van der Waals surface area contributed by atoms with E-state index in [1.807, 2.05) is 36.4 Å². The Balaban J connectivity index is 2.39. The fourth-order valence-electron chi connectivity index (χ4n) is 3.14. The van der Waals surface area contributed by atoms with E-state index in [-0.39, 0.29) is 5.91 Å². The van der Waals surface area contributed by atoms with Crippen molar-refractivity contribution in [1.29, 1.82) is 0 Å². The second kappa shape index (κ2) is 14.6. The molecule has 30 heavy (non-hydrogen) atoms. The summed E-state index contributed by atoms with van der Waals surface area (Å²) in [7, 11) is 0. The van der Waals surface area contributed by atoms with E-state index < -0.39 is 17.7 Å². The van der Waals surface area contributed by atoms with Crippen LogP contribution in [0, 0.1) is 0 Å². The molecule has 0 aromatic heterocycles. The van der Waals surface area contributed by atoms with E-state index in [1.54, 1.807) is 20.8 Å². The van der Waals surface area contributed by atoms with Gasteiger partial charge in [0.15, 0.2) is 0 Å². The number of nitrogens with one attached hydrogen (secondary N) is 2. The van der Waals surface area contributed by atoms with Gasteiger partial charge in [-0.3, -0.25) is 4.79 Å². The molecule has 5 heteroatoms. The Kier molecular flexibility index (Phi) is 12.6. The van der Waals surface area contributed by atoms with Gasteiger partial charge in [0.05, 0.1) is 0 Å². The highest BCUT2D eigenvalue weighted by Crippen LogP contribution is 2.10. The normalized spacial score (nSPS) is 12.1. The topological polar surface area (TPSA) is 67.4 Å². The van der Waals surface area contributed by atoms with E-state index in [4.69, 9.17) is 4.74 Å². The number of alkyl carbamates (subject to hydrolysis) is 1. The Morgan fingerprint density at radius 3 is 2.20 bits per heavy atom. The molecule has 0 unspecified atom stereocenters. The van der Waals surface area contributed by atoms with E-state index in [0.29, 0.717) is 13.0 Å². The molecular weight excluding hydrogens is 376 g/mol. The van der Waals surface area contributed by atoms with Crippen molar-refractivity contribution in [2.75, 3.05) is 6.54 Å². The summed E-state index contributed by atoms with van der Waals surface area (Å²) in [5.41, 5.74) is 0.383. The molecule has 5 nitrogen and oxygen atoms in total. The van der Waals surface area contributed by atoms with Gasteiger partial charge in [0, 0.05) is 13.0 Å². The SMILES string of the molecule is C=CCCCCCCCCCNC(=O)[C@H](Cc1ccccc1)NC(=O)OC(C)(C)C. The Labute approximate surface area is 182 Å². The minimum absolute atomic E-state index is 0.172. The lowest BCUT2D eigenvalue weighted by Gasteiger charge is -2.23. The average molecular weight is 417 g/mol. The van der Waals surface area contributed by atoms with Gasteiger partial charge >= 0.3 is 6.09 Å². The molecule has 2 N–H and O–H groups in total. The van der Waals surface area contributed by atoms with Crippen LogP contribution in [-0.2, 0) is 16.0 Å². The van der Waals surface area contributed by atoms with Gasteiger partial charge in [0.2, 0.25) is 5.91 Å². The zero-order valence-corrected chi connectivity index (χ0v) is 19.0. The smallest absolute Gasteiger partial charge is 0.408 e. The number of carbonyl (C=O) groups is 2. The zero-order valence-electron chi connectivity index (χ0n) is 19.0. The van der Waals surface area contributed by atoms with Crippen LogP contribution in [0.1, 0.15) is 77.7 Å². The van der Waals surface area contributed by atoms with Crippen LogP contribution in [0.5, 0.6) is 0 Å². The van der Waals surface area contributed by atoms with E-state index in [9.17, 15) is 9.59 Å². The molecule has 0 aliphatic rings. The Bertz CT molecular complexity index is 623. The summed E-state index contributed by atoms with van der Waals surface area (Å²) in [5, 5.41) is 5.70. The molecule has 1 aromatic carbocycles. The quantitative estimate of drug-likeness (QED) is 0.309. The van der Waals surface area contributed by atoms with Crippen LogP contribution in [0.25, 0.3) is 0 Å². The highest BCUT2D eigenvalue weighted by atomic mass is 16.6. The van der Waals surface area contributed by atoms with Crippen LogP contribution in [0.2, 0.25) is 0 Å². The molecule has 0 heterocycles. The number of unbranched alkanes of at least 4 members (excludes halogenated alkanes) is 7. The van der Waals surface area contributed by atoms with Gasteiger partial charge in [-0.05, 0) is 45.6 Å². The van der Waals surface area contributed by atoms with Crippen molar-refractivity contribution in [3.8, 4) is 0 Å². The number of rotatable bonds is 14. The van der Waals surface area contributed by atoms with Crippen LogP contribution in [0.4, 0.5) is 4.79 Å². The number of hydrogen-bond donors (Lipinski definition) is 2. The van der Waals surface area contributed by atoms with Gasteiger partial charge in [0.1, 0.15) is 11.6 Å². The third-order valence-electron chi connectivity index (χ3n) is 4.67. The lowest BCUT2D eigenvalue weighted by molar-refractivity contribution is -0.123. The third-order valence-corrected chi connectivity index (χ3v) is 4.67. The second-order valence-corrected chi connectivity index (χ2v) is 8.73. The number of hydrogen-bond acceptors (Lipinski definition) is 3. The van der Waals surface area contributed by atoms with E-state index in [2.05, 4.69) is 17.2 Å². The highest BCUT2D eigenvalue weighted by Gasteiger charge is 2.24. The minimum atomic E-state index is -0.660. The molecule has 0 aliphatic heterocycles. The molecule has 168 valence electrons. The van der Waals surface area contributed by atoms with E-state index >= 15 is 0 Å². The fourth-order valence-corrected chi connectivity index (χ4v) is 3.14. The van der Waals surface area contributed by atoms with Gasteiger partial charge in [0.25, 0.3) is 0 Å². The first-order chi connectivity index (χ1) is 14.3. The maximum Gasteiger partial charge on any atom is 0.408 e. The third kappa shape index (κ3) is 13.0. The molecule has 0 bridgehead atoms. The first-order valence-corrected chi connectivity index (χ1v) is 11.2. The molecule has 0 saturated heterocycles. The summed E-state index contributed by atoms with van der Waals surface area (Å²) in [6.07, 6.45) is 11.2. The van der Waals surface area contributed by atoms with Crippen LogP contribution in [-0.4, -0.2) is 30.2 Å². The fraction of sp³-hybridized carbons (Fsp3) is 0.600. The Morgan fingerprint density at radius 2 is 1.60 bits per heavy atom. The predicted octanol–water partition coefficient (Wildman–Crippen LogP) is 5.55. The molecule has 1 atom stereocenters. The number of benzene rings is 1. The van der Waals surface area contributed by atoms with Gasteiger partial charge in [-0.1, -0.05) is 68.5 Å². The molecule has 0 saturated carbocycles. The summed E-state index contributed by atoms with van der Waals surface area (Å²) >= 11 is 0. The Morgan fingerprint density at radius 1 is 1.00 bits per heavy atom. The molecule has 1 aromatic rings. The molecule has 0 spiro atoms. The van der Waals surface area contributed by atoms with Gasteiger partial charge in [-0.25, -0.2) is 4.79 Å². The zero-order chi connectivity index (χ0) is 22.2. The lowest BCUT2D eigenvalue weighted by atomic mass is 10.1. The van der Waals surface area contributed by atoms with Crippen molar-refractivity contribution in [1.82, 2.24) is 10.6 Å². The van der Waals surface area contributed by atoms with E-state index in [1.165, 1.54) is 32.1 Å². The van der Waals surface area contributed by atoms with Gasteiger partial charge < -0.3 is 15.4 Å². The monoisotopic (exact) mass is 416 g/mol. The van der Waals surface area contributed by atoms with Crippen molar-refractivity contribution < 1.29 is 14.3 Å². The predicted molar refractivity (Wildman–Crippen MR) is 123 cm³/mol. The van der Waals surface area contributed by atoms with Crippen LogP contribution in [0.15, 0.2) is 43.0 Å². The maximum absolute atomic E-state index is 12.7. The standard InChI is InChI=1S/C25H40N2O3/c1-5-6-7-8-9-10-11-12-16-19-26-23(28)22(20-21-17-14-13-15-18-21)27-24(29)30-25(2,3)4/h5,13-15,17-18,22H,1,6-12,16,19-20H2,2-4H3,(H,26,28)(H,27,29)/t22-/m0/s1. The number of ether oxygens (including phenoxy) is 1. The molecule has 0 fully saturated rings. The van der Waals surface area contributed by atoms with Crippen molar-refractivity contribution in [3.05, 3.63) is 48.6 Å². The van der Waals surface area contributed by atoms with Crippen LogP contribution in [0.3, 0.4) is 0 Å². The first kappa shape index (κ1) is 25.7. The second-order valence-electron chi connectivity index (χ2n) is 8.73. The molecule has 1 rings (SSSR count). The lowest BCUT2D eigenvalue weighted by Crippen LogP contribution is -2.49. The summed E-state index contributed by atoms with van der Waals surface area (Å²) in [6.45, 7) is 9.78. The number of allylic oxidation sites excluding steroid dienone is 1.